The van der Waals surface area contributed by atoms with E-state index in [1.54, 1.807) is 0 Å². The molecule has 1 aliphatic rings. The lowest BCUT2D eigenvalue weighted by atomic mass is 10.4. The van der Waals surface area contributed by atoms with Crippen molar-refractivity contribution >= 4 is 0 Å². The van der Waals surface area contributed by atoms with Crippen LogP contribution in [0.25, 0.3) is 0 Å². The Labute approximate surface area is 87.0 Å². The van der Waals surface area contributed by atoms with Crippen LogP contribution in [0, 0.1) is 0 Å². The van der Waals surface area contributed by atoms with Gasteiger partial charge in [-0.1, -0.05) is 6.92 Å². The lowest BCUT2D eigenvalue weighted by Crippen LogP contribution is -2.42. The summed E-state index contributed by atoms with van der Waals surface area (Å²) in [7, 11) is 0. The molecule has 0 spiro atoms. The van der Waals surface area contributed by atoms with Crippen molar-refractivity contribution in [3.8, 4) is 0 Å². The van der Waals surface area contributed by atoms with Crippen molar-refractivity contribution in [3.63, 3.8) is 0 Å². The minimum atomic E-state index is 0.761. The van der Waals surface area contributed by atoms with E-state index in [9.17, 15) is 0 Å². The third kappa shape index (κ3) is 4.37. The summed E-state index contributed by atoms with van der Waals surface area (Å²) in [6.45, 7) is 11.3. The average molecular weight is 201 g/mol. The number of ether oxygens (including phenoxy) is 1. The second-order valence-electron chi connectivity index (χ2n) is 3.68. The molecule has 1 heterocycles. The molecule has 0 aromatic rings. The van der Waals surface area contributed by atoms with Crippen LogP contribution in [-0.4, -0.2) is 68.8 Å². The SMILES string of the molecule is CCN(CCN)CCN1CCOCC1. The van der Waals surface area contributed by atoms with Crippen LogP contribution in [0.1, 0.15) is 6.92 Å². The van der Waals surface area contributed by atoms with Gasteiger partial charge in [0.25, 0.3) is 0 Å². The van der Waals surface area contributed by atoms with E-state index in [4.69, 9.17) is 10.5 Å². The van der Waals surface area contributed by atoms with Crippen LogP contribution >= 0.6 is 0 Å². The molecular weight excluding hydrogens is 178 g/mol. The van der Waals surface area contributed by atoms with Gasteiger partial charge in [-0.2, -0.15) is 0 Å². The Balaban J connectivity index is 2.10. The monoisotopic (exact) mass is 201 g/mol. The molecule has 0 unspecified atom stereocenters. The summed E-state index contributed by atoms with van der Waals surface area (Å²) >= 11 is 0. The maximum atomic E-state index is 5.54. The van der Waals surface area contributed by atoms with Crippen molar-refractivity contribution in [1.82, 2.24) is 9.80 Å². The maximum absolute atomic E-state index is 5.54. The number of morpholine rings is 1. The van der Waals surface area contributed by atoms with Gasteiger partial charge in [0.15, 0.2) is 0 Å². The highest BCUT2D eigenvalue weighted by Crippen LogP contribution is 1.97. The van der Waals surface area contributed by atoms with E-state index >= 15 is 0 Å². The number of nitrogens with two attached hydrogens (primary N) is 1. The van der Waals surface area contributed by atoms with Crippen LogP contribution in [0.3, 0.4) is 0 Å². The van der Waals surface area contributed by atoms with Gasteiger partial charge in [-0.3, -0.25) is 4.90 Å². The minimum Gasteiger partial charge on any atom is -0.379 e. The third-order valence-corrected chi connectivity index (χ3v) is 2.73. The van der Waals surface area contributed by atoms with Crippen LogP contribution in [0.5, 0.6) is 0 Å². The first-order valence-corrected chi connectivity index (χ1v) is 5.59. The predicted octanol–water partition coefficient (Wildman–Crippen LogP) is -0.401. The van der Waals surface area contributed by atoms with Gasteiger partial charge < -0.3 is 15.4 Å². The quantitative estimate of drug-likeness (QED) is 0.635. The standard InChI is InChI=1S/C10H23N3O/c1-2-12(4-3-11)5-6-13-7-9-14-10-8-13/h2-11H2,1H3. The lowest BCUT2D eigenvalue weighted by molar-refractivity contribution is 0.0337. The Morgan fingerprint density at radius 2 is 2.00 bits per heavy atom. The molecule has 0 aromatic heterocycles. The highest BCUT2D eigenvalue weighted by molar-refractivity contribution is 4.65. The molecule has 2 N–H and O–H groups in total. The van der Waals surface area contributed by atoms with Gasteiger partial charge in [-0.25, -0.2) is 0 Å². The molecule has 1 aliphatic heterocycles. The Morgan fingerprint density at radius 3 is 2.57 bits per heavy atom. The van der Waals surface area contributed by atoms with Crippen LogP contribution in [0.4, 0.5) is 0 Å². The topological polar surface area (TPSA) is 41.7 Å². The number of hydrogen-bond acceptors (Lipinski definition) is 4. The first-order valence-electron chi connectivity index (χ1n) is 5.59. The van der Waals surface area contributed by atoms with Crippen molar-refractivity contribution in [2.24, 2.45) is 5.73 Å². The molecule has 0 aliphatic carbocycles. The van der Waals surface area contributed by atoms with Crippen molar-refractivity contribution < 1.29 is 4.74 Å². The molecular formula is C10H23N3O. The normalized spacial score (nSPS) is 19.1. The molecule has 1 saturated heterocycles. The zero-order valence-electron chi connectivity index (χ0n) is 9.24. The largest absolute Gasteiger partial charge is 0.379 e. The van der Waals surface area contributed by atoms with E-state index < -0.39 is 0 Å². The van der Waals surface area contributed by atoms with E-state index in [1.807, 2.05) is 0 Å². The molecule has 4 nitrogen and oxygen atoms in total. The zero-order chi connectivity index (χ0) is 10.2. The van der Waals surface area contributed by atoms with Crippen molar-refractivity contribution in [3.05, 3.63) is 0 Å². The summed E-state index contributed by atoms with van der Waals surface area (Å²) < 4.78 is 5.31. The second kappa shape index (κ2) is 7.17. The highest BCUT2D eigenvalue weighted by Gasteiger charge is 2.10. The maximum Gasteiger partial charge on any atom is 0.0594 e. The van der Waals surface area contributed by atoms with Crippen molar-refractivity contribution in [2.75, 3.05) is 59.0 Å². The van der Waals surface area contributed by atoms with E-state index in [-0.39, 0.29) is 0 Å². The molecule has 84 valence electrons. The van der Waals surface area contributed by atoms with Crippen LogP contribution < -0.4 is 5.73 Å². The van der Waals surface area contributed by atoms with Gasteiger partial charge in [0.05, 0.1) is 13.2 Å². The van der Waals surface area contributed by atoms with Gasteiger partial charge in [0.2, 0.25) is 0 Å². The van der Waals surface area contributed by atoms with Gasteiger partial charge in [0.1, 0.15) is 0 Å². The predicted molar refractivity (Wildman–Crippen MR) is 58.4 cm³/mol. The number of nitrogens with zero attached hydrogens (tertiary/aromatic N) is 2. The van der Waals surface area contributed by atoms with Gasteiger partial charge in [-0.15, -0.1) is 0 Å². The minimum absolute atomic E-state index is 0.761. The average Bonchev–Trinajstić information content (AvgIpc) is 2.25. The molecule has 14 heavy (non-hydrogen) atoms. The molecule has 0 radical (unpaired) electrons. The Morgan fingerprint density at radius 1 is 1.29 bits per heavy atom. The summed E-state index contributed by atoms with van der Waals surface area (Å²) in [5, 5.41) is 0. The number of likely N-dealkylation sites (N-methyl/N-ethyl adjacent to an activating group) is 1. The Bertz CT molecular complexity index is 133. The molecule has 0 bridgehead atoms. The first-order chi connectivity index (χ1) is 6.86. The highest BCUT2D eigenvalue weighted by atomic mass is 16.5. The fraction of sp³-hybridized carbons (Fsp3) is 1.00. The van der Waals surface area contributed by atoms with Gasteiger partial charge >= 0.3 is 0 Å². The van der Waals surface area contributed by atoms with Crippen molar-refractivity contribution in [2.45, 2.75) is 6.92 Å². The molecule has 1 fully saturated rings. The Hall–Kier alpha value is -0.160. The lowest BCUT2D eigenvalue weighted by Gasteiger charge is -2.29. The van der Waals surface area contributed by atoms with E-state index in [2.05, 4.69) is 16.7 Å². The summed E-state index contributed by atoms with van der Waals surface area (Å²) in [6.07, 6.45) is 0. The smallest absolute Gasteiger partial charge is 0.0594 e. The first kappa shape index (κ1) is 11.9. The molecule has 0 amide bonds. The number of rotatable bonds is 6. The molecule has 0 aromatic carbocycles. The molecule has 0 atom stereocenters. The van der Waals surface area contributed by atoms with E-state index in [1.165, 1.54) is 0 Å². The summed E-state index contributed by atoms with van der Waals surface area (Å²) in [5.41, 5.74) is 5.54. The zero-order valence-corrected chi connectivity index (χ0v) is 9.24. The molecule has 4 heteroatoms. The van der Waals surface area contributed by atoms with Gasteiger partial charge in [0, 0.05) is 39.3 Å². The molecule has 0 saturated carbocycles. The fourth-order valence-electron chi connectivity index (χ4n) is 1.72. The summed E-state index contributed by atoms with van der Waals surface area (Å²) in [5.74, 6) is 0. The number of hydrogen-bond donors (Lipinski definition) is 1. The summed E-state index contributed by atoms with van der Waals surface area (Å²) in [4.78, 5) is 4.86. The van der Waals surface area contributed by atoms with Crippen LogP contribution in [0.2, 0.25) is 0 Å². The van der Waals surface area contributed by atoms with Crippen molar-refractivity contribution in [1.29, 1.82) is 0 Å². The van der Waals surface area contributed by atoms with Gasteiger partial charge in [-0.05, 0) is 6.54 Å². The third-order valence-electron chi connectivity index (χ3n) is 2.73. The second-order valence-corrected chi connectivity index (χ2v) is 3.68. The molecule has 1 rings (SSSR count). The van der Waals surface area contributed by atoms with E-state index in [0.717, 1.165) is 59.0 Å². The Kier molecular flexibility index (Phi) is 6.10. The van der Waals surface area contributed by atoms with E-state index in [0.29, 0.717) is 0 Å². The fourth-order valence-corrected chi connectivity index (χ4v) is 1.72. The summed E-state index contributed by atoms with van der Waals surface area (Å²) in [6, 6.07) is 0. The van der Waals surface area contributed by atoms with Crippen LogP contribution in [-0.2, 0) is 4.74 Å². The van der Waals surface area contributed by atoms with Crippen LogP contribution in [0.15, 0.2) is 0 Å².